The van der Waals surface area contributed by atoms with Gasteiger partial charge in [-0.2, -0.15) is 0 Å². The molecular formula is C33H46N2O3. The summed E-state index contributed by atoms with van der Waals surface area (Å²) in [5, 5.41) is 0. The molecule has 1 aromatic rings. The summed E-state index contributed by atoms with van der Waals surface area (Å²) in [6.07, 6.45) is 11.7. The second-order valence-electron chi connectivity index (χ2n) is 13.6. The van der Waals surface area contributed by atoms with Crippen molar-refractivity contribution in [2.75, 3.05) is 20.6 Å². The van der Waals surface area contributed by atoms with E-state index in [0.29, 0.717) is 5.41 Å². The highest BCUT2D eigenvalue weighted by Crippen LogP contribution is 2.68. The lowest BCUT2D eigenvalue weighted by Crippen LogP contribution is -2.53. The van der Waals surface area contributed by atoms with Gasteiger partial charge < -0.3 is 14.5 Å². The zero-order chi connectivity index (χ0) is 26.8. The van der Waals surface area contributed by atoms with Crippen molar-refractivity contribution < 1.29 is 14.3 Å². The predicted molar refractivity (Wildman–Crippen MR) is 149 cm³/mol. The molecule has 1 aliphatic heterocycles. The predicted octanol–water partition coefficient (Wildman–Crippen LogP) is 6.01. The number of hydrogen-bond donors (Lipinski definition) is 0. The number of rotatable bonds is 4. The SMILES string of the molecule is CC(=O)OC(C(=O)N(C)[C@H]1CC[C@@]2(C)C(=CC[C@H]3[C@@H]4CC[C@@H]5[C@H](C)N(C)C[C@@]54CC[C@@H]32)C1)c1ccccc1. The number of benzene rings is 1. The highest BCUT2D eigenvalue weighted by Gasteiger charge is 2.64. The molecule has 1 spiro atoms. The number of likely N-dealkylation sites (N-methyl/N-ethyl adjacent to an activating group) is 1. The van der Waals surface area contributed by atoms with Gasteiger partial charge in [0.15, 0.2) is 0 Å². The fraction of sp³-hybridized carbons (Fsp3) is 0.697. The van der Waals surface area contributed by atoms with Crippen LogP contribution in [0.15, 0.2) is 42.0 Å². The molecule has 1 amide bonds. The Kier molecular flexibility index (Phi) is 6.53. The molecule has 1 heterocycles. The number of carbonyl (C=O) groups excluding carboxylic acids is 2. The normalized spacial score (nSPS) is 40.7. The first-order valence-electron chi connectivity index (χ1n) is 15.0. The van der Waals surface area contributed by atoms with Crippen LogP contribution >= 0.6 is 0 Å². The Balaban J connectivity index is 1.20. The lowest BCUT2D eigenvalue weighted by Gasteiger charge is -2.58. The molecule has 1 unspecified atom stereocenters. The second kappa shape index (κ2) is 9.50. The van der Waals surface area contributed by atoms with Crippen LogP contribution in [0.4, 0.5) is 0 Å². The number of esters is 1. The Bertz CT molecular complexity index is 1120. The molecule has 1 aromatic carbocycles. The summed E-state index contributed by atoms with van der Waals surface area (Å²) in [5.41, 5.74) is 3.14. The van der Waals surface area contributed by atoms with Crippen LogP contribution in [-0.2, 0) is 14.3 Å². The van der Waals surface area contributed by atoms with Gasteiger partial charge in [-0.05, 0) is 99.8 Å². The van der Waals surface area contributed by atoms with Gasteiger partial charge in [-0.25, -0.2) is 0 Å². The number of fused-ring (bicyclic) bond motifs is 4. The van der Waals surface area contributed by atoms with Crippen LogP contribution in [0, 0.1) is 34.5 Å². The van der Waals surface area contributed by atoms with Crippen molar-refractivity contribution in [1.82, 2.24) is 9.80 Å². The third-order valence-corrected chi connectivity index (χ3v) is 12.2. The van der Waals surface area contributed by atoms with Crippen molar-refractivity contribution in [3.05, 3.63) is 47.5 Å². The van der Waals surface area contributed by atoms with Crippen molar-refractivity contribution in [3.8, 4) is 0 Å². The van der Waals surface area contributed by atoms with Gasteiger partial charge in [-0.1, -0.05) is 48.9 Å². The van der Waals surface area contributed by atoms with Crippen LogP contribution in [0.1, 0.15) is 83.8 Å². The maximum absolute atomic E-state index is 13.7. The zero-order valence-corrected chi connectivity index (χ0v) is 24.0. The largest absolute Gasteiger partial charge is 0.447 e. The molecule has 5 nitrogen and oxygen atoms in total. The van der Waals surface area contributed by atoms with Crippen LogP contribution in [-0.4, -0.2) is 54.4 Å². The van der Waals surface area contributed by atoms with Crippen molar-refractivity contribution in [2.45, 2.75) is 90.3 Å². The molecule has 4 fully saturated rings. The molecular weight excluding hydrogens is 472 g/mol. The number of hydrogen-bond acceptors (Lipinski definition) is 4. The standard InChI is InChI=1S/C33H46N2O3/c1-21-27-13-14-29-26-12-11-24-19-25(15-17-32(24,3)28(26)16-18-33(27,29)20-34(21)4)35(5)31(37)30(38-22(2)36)23-9-7-6-8-10-23/h6-11,21,25-30H,12-20H2,1-5H3/t21-,25-,26+,27+,28-,29-,30?,32-,33-/m0/s1. The molecule has 5 heteroatoms. The molecule has 5 aliphatic rings. The minimum atomic E-state index is -0.881. The monoisotopic (exact) mass is 518 g/mol. The van der Waals surface area contributed by atoms with E-state index in [1.807, 2.05) is 42.3 Å². The molecule has 0 aromatic heterocycles. The summed E-state index contributed by atoms with van der Waals surface area (Å²) in [6.45, 7) is 7.70. The number of allylic oxidation sites excluding steroid dienone is 1. The van der Waals surface area contributed by atoms with Gasteiger partial charge in [-0.3, -0.25) is 9.59 Å². The first-order valence-corrected chi connectivity index (χ1v) is 15.0. The molecule has 3 saturated carbocycles. The molecule has 9 atom stereocenters. The van der Waals surface area contributed by atoms with Crippen molar-refractivity contribution in [1.29, 1.82) is 0 Å². The van der Waals surface area contributed by atoms with Gasteiger partial charge in [0.2, 0.25) is 6.10 Å². The Hall–Kier alpha value is -2.14. The van der Waals surface area contributed by atoms with Crippen LogP contribution in [0.2, 0.25) is 0 Å². The average molecular weight is 519 g/mol. The number of amides is 1. The van der Waals surface area contributed by atoms with Gasteiger partial charge in [0, 0.05) is 38.2 Å². The first kappa shape index (κ1) is 26.1. The lowest BCUT2D eigenvalue weighted by molar-refractivity contribution is -0.160. The summed E-state index contributed by atoms with van der Waals surface area (Å²) in [4.78, 5) is 30.1. The van der Waals surface area contributed by atoms with E-state index in [1.54, 1.807) is 5.57 Å². The van der Waals surface area contributed by atoms with Crippen molar-refractivity contribution in [3.63, 3.8) is 0 Å². The van der Waals surface area contributed by atoms with Gasteiger partial charge >= 0.3 is 5.97 Å². The van der Waals surface area contributed by atoms with Crippen LogP contribution < -0.4 is 0 Å². The molecule has 0 N–H and O–H groups in total. The third-order valence-electron chi connectivity index (χ3n) is 12.2. The molecule has 0 bridgehead atoms. The summed E-state index contributed by atoms with van der Waals surface area (Å²) < 4.78 is 5.55. The van der Waals surface area contributed by atoms with E-state index in [-0.39, 0.29) is 17.4 Å². The number of nitrogens with zero attached hydrogens (tertiary/aromatic N) is 2. The summed E-state index contributed by atoms with van der Waals surface area (Å²) in [7, 11) is 4.26. The average Bonchev–Trinajstić information content (AvgIpc) is 3.39. The summed E-state index contributed by atoms with van der Waals surface area (Å²) >= 11 is 0. The zero-order valence-electron chi connectivity index (χ0n) is 24.0. The fourth-order valence-corrected chi connectivity index (χ4v) is 10.2. The van der Waals surface area contributed by atoms with Crippen LogP contribution in [0.3, 0.4) is 0 Å². The number of carbonyl (C=O) groups is 2. The van der Waals surface area contributed by atoms with Crippen LogP contribution in [0.5, 0.6) is 0 Å². The van der Waals surface area contributed by atoms with Gasteiger partial charge in [0.25, 0.3) is 5.91 Å². The van der Waals surface area contributed by atoms with E-state index in [9.17, 15) is 9.59 Å². The molecule has 206 valence electrons. The maximum atomic E-state index is 13.7. The minimum absolute atomic E-state index is 0.120. The Morgan fingerprint density at radius 1 is 1.05 bits per heavy atom. The highest BCUT2D eigenvalue weighted by molar-refractivity contribution is 5.84. The van der Waals surface area contributed by atoms with Crippen molar-refractivity contribution >= 4 is 11.9 Å². The Morgan fingerprint density at radius 2 is 1.79 bits per heavy atom. The summed E-state index contributed by atoms with van der Waals surface area (Å²) in [5.74, 6) is 2.82. The van der Waals surface area contributed by atoms with E-state index in [4.69, 9.17) is 4.74 Å². The quantitative estimate of drug-likeness (QED) is 0.362. The first-order chi connectivity index (χ1) is 18.2. The molecule has 38 heavy (non-hydrogen) atoms. The van der Waals surface area contributed by atoms with E-state index < -0.39 is 12.1 Å². The van der Waals surface area contributed by atoms with Gasteiger partial charge in [-0.15, -0.1) is 0 Å². The highest BCUT2D eigenvalue weighted by atomic mass is 16.5. The van der Waals surface area contributed by atoms with E-state index >= 15 is 0 Å². The molecule has 6 rings (SSSR count). The minimum Gasteiger partial charge on any atom is -0.447 e. The molecule has 1 saturated heterocycles. The summed E-state index contributed by atoms with van der Waals surface area (Å²) in [6, 6.07) is 10.3. The number of likely N-dealkylation sites (tertiary alicyclic amines) is 1. The van der Waals surface area contributed by atoms with E-state index in [0.717, 1.165) is 54.5 Å². The van der Waals surface area contributed by atoms with Gasteiger partial charge in [0.05, 0.1) is 0 Å². The number of ether oxygens (including phenoxy) is 1. The lowest BCUT2D eigenvalue weighted by atomic mass is 9.47. The fourth-order valence-electron chi connectivity index (χ4n) is 10.2. The van der Waals surface area contributed by atoms with Gasteiger partial charge in [0.1, 0.15) is 0 Å². The van der Waals surface area contributed by atoms with Crippen LogP contribution in [0.25, 0.3) is 0 Å². The Morgan fingerprint density at radius 3 is 2.53 bits per heavy atom. The maximum Gasteiger partial charge on any atom is 0.303 e. The molecule has 4 aliphatic carbocycles. The second-order valence-corrected chi connectivity index (χ2v) is 13.6. The molecule has 0 radical (unpaired) electrons. The smallest absolute Gasteiger partial charge is 0.303 e. The van der Waals surface area contributed by atoms with E-state index in [1.165, 1.54) is 45.6 Å². The Labute approximate surface area is 229 Å². The van der Waals surface area contributed by atoms with Crippen molar-refractivity contribution in [2.24, 2.45) is 34.5 Å². The topological polar surface area (TPSA) is 49.9 Å². The third kappa shape index (κ3) is 3.90. The van der Waals surface area contributed by atoms with E-state index in [2.05, 4.69) is 31.9 Å².